The van der Waals surface area contributed by atoms with Gasteiger partial charge in [-0.05, 0) is 31.0 Å². The Bertz CT molecular complexity index is 662. The minimum absolute atomic E-state index is 0.168. The van der Waals surface area contributed by atoms with Gasteiger partial charge >= 0.3 is 6.18 Å². The summed E-state index contributed by atoms with van der Waals surface area (Å²) in [6.45, 7) is 3.69. The van der Waals surface area contributed by atoms with E-state index in [9.17, 15) is 17.6 Å². The summed E-state index contributed by atoms with van der Waals surface area (Å²) in [4.78, 5) is 0. The smallest absolute Gasteiger partial charge is 0.206 e. The standard InChI is InChI=1S/C16H13ClF4/c1-9-6-7-11(10(2)8-9)14(17)12-4-3-5-13(15(12)18)16(19,20)21/h3-8,14H,1-2H3. The van der Waals surface area contributed by atoms with Crippen LogP contribution in [0.2, 0.25) is 0 Å². The van der Waals surface area contributed by atoms with Crippen molar-refractivity contribution in [1.82, 2.24) is 0 Å². The first kappa shape index (κ1) is 15.8. The monoisotopic (exact) mass is 316 g/mol. The van der Waals surface area contributed by atoms with Crippen LogP contribution in [0.5, 0.6) is 0 Å². The Balaban J connectivity index is 2.51. The molecule has 0 saturated heterocycles. The van der Waals surface area contributed by atoms with E-state index >= 15 is 0 Å². The second kappa shape index (κ2) is 5.68. The van der Waals surface area contributed by atoms with Crippen molar-refractivity contribution in [2.24, 2.45) is 0 Å². The number of hydrogen-bond donors (Lipinski definition) is 0. The fraction of sp³-hybridized carbons (Fsp3) is 0.250. The zero-order valence-corrected chi connectivity index (χ0v) is 12.2. The Morgan fingerprint density at radius 3 is 2.24 bits per heavy atom. The van der Waals surface area contributed by atoms with Gasteiger partial charge in [-0.1, -0.05) is 35.9 Å². The van der Waals surface area contributed by atoms with E-state index in [0.717, 1.165) is 11.1 Å². The number of benzene rings is 2. The Kier molecular flexibility index (Phi) is 4.28. The Hall–Kier alpha value is -1.55. The van der Waals surface area contributed by atoms with E-state index in [1.54, 1.807) is 19.1 Å². The molecular weight excluding hydrogens is 304 g/mol. The lowest BCUT2D eigenvalue weighted by atomic mass is 9.96. The van der Waals surface area contributed by atoms with E-state index in [1.807, 2.05) is 13.0 Å². The molecule has 2 aromatic rings. The maximum Gasteiger partial charge on any atom is 0.419 e. The van der Waals surface area contributed by atoms with Crippen molar-refractivity contribution in [3.8, 4) is 0 Å². The molecule has 2 rings (SSSR count). The summed E-state index contributed by atoms with van der Waals surface area (Å²) < 4.78 is 52.3. The molecule has 0 spiro atoms. The van der Waals surface area contributed by atoms with Crippen LogP contribution in [0.3, 0.4) is 0 Å². The van der Waals surface area contributed by atoms with Crippen molar-refractivity contribution in [2.45, 2.75) is 25.4 Å². The molecular formula is C16H13ClF4. The summed E-state index contributed by atoms with van der Waals surface area (Å²) in [5, 5.41) is -0.965. The molecule has 0 heterocycles. The second-order valence-corrected chi connectivity index (χ2v) is 5.37. The third-order valence-corrected chi connectivity index (χ3v) is 3.78. The van der Waals surface area contributed by atoms with Gasteiger partial charge in [0.2, 0.25) is 0 Å². The molecule has 1 unspecified atom stereocenters. The topological polar surface area (TPSA) is 0 Å². The molecule has 0 radical (unpaired) electrons. The van der Waals surface area contributed by atoms with Gasteiger partial charge in [-0.2, -0.15) is 13.2 Å². The predicted octanol–water partition coefficient (Wildman–Crippen LogP) is 5.79. The van der Waals surface area contributed by atoms with Crippen LogP contribution in [0, 0.1) is 19.7 Å². The van der Waals surface area contributed by atoms with Crippen LogP contribution >= 0.6 is 11.6 Å². The van der Waals surface area contributed by atoms with E-state index in [-0.39, 0.29) is 5.56 Å². The van der Waals surface area contributed by atoms with Crippen LogP contribution in [-0.2, 0) is 6.18 Å². The van der Waals surface area contributed by atoms with E-state index in [1.165, 1.54) is 12.1 Å². The van der Waals surface area contributed by atoms with Crippen molar-refractivity contribution < 1.29 is 17.6 Å². The molecule has 2 aromatic carbocycles. The number of hydrogen-bond acceptors (Lipinski definition) is 0. The van der Waals surface area contributed by atoms with Crippen molar-refractivity contribution in [3.63, 3.8) is 0 Å². The molecule has 0 saturated carbocycles. The van der Waals surface area contributed by atoms with Crippen LogP contribution in [0.4, 0.5) is 17.6 Å². The van der Waals surface area contributed by atoms with Gasteiger partial charge in [-0.25, -0.2) is 4.39 Å². The minimum atomic E-state index is -4.74. The predicted molar refractivity (Wildman–Crippen MR) is 75.0 cm³/mol. The summed E-state index contributed by atoms with van der Waals surface area (Å²) in [5.41, 5.74) is 0.950. The quantitative estimate of drug-likeness (QED) is 0.486. The average Bonchev–Trinajstić information content (AvgIpc) is 2.37. The van der Waals surface area contributed by atoms with Crippen LogP contribution in [0.1, 0.15) is 33.2 Å². The molecule has 0 amide bonds. The Labute approximate surface area is 125 Å². The molecule has 0 aromatic heterocycles. The summed E-state index contributed by atoms with van der Waals surface area (Å²) in [5.74, 6) is -1.31. The van der Waals surface area contributed by atoms with E-state index < -0.39 is 22.9 Å². The third-order valence-electron chi connectivity index (χ3n) is 3.31. The first-order chi connectivity index (χ1) is 9.71. The van der Waals surface area contributed by atoms with Crippen LogP contribution in [-0.4, -0.2) is 0 Å². The molecule has 0 aliphatic heterocycles. The average molecular weight is 317 g/mol. The van der Waals surface area contributed by atoms with Crippen LogP contribution in [0.15, 0.2) is 36.4 Å². The maximum absolute atomic E-state index is 14.1. The first-order valence-electron chi connectivity index (χ1n) is 6.28. The van der Waals surface area contributed by atoms with Gasteiger partial charge in [-0.3, -0.25) is 0 Å². The summed E-state index contributed by atoms with van der Waals surface area (Å²) in [6, 6.07) is 8.52. The highest BCUT2D eigenvalue weighted by Gasteiger charge is 2.35. The SMILES string of the molecule is Cc1ccc(C(Cl)c2cccc(C(F)(F)F)c2F)c(C)c1. The van der Waals surface area contributed by atoms with E-state index in [0.29, 0.717) is 11.6 Å². The van der Waals surface area contributed by atoms with Gasteiger partial charge in [0.05, 0.1) is 10.9 Å². The molecule has 0 N–H and O–H groups in total. The van der Waals surface area contributed by atoms with Gasteiger partial charge in [0.25, 0.3) is 0 Å². The number of halogens is 5. The van der Waals surface area contributed by atoms with E-state index in [2.05, 4.69) is 0 Å². The fourth-order valence-corrected chi connectivity index (χ4v) is 2.66. The number of alkyl halides is 4. The lowest BCUT2D eigenvalue weighted by Crippen LogP contribution is -2.11. The highest BCUT2D eigenvalue weighted by molar-refractivity contribution is 6.22. The molecule has 0 aliphatic carbocycles. The lowest BCUT2D eigenvalue weighted by molar-refractivity contribution is -0.140. The highest BCUT2D eigenvalue weighted by Crippen LogP contribution is 2.38. The van der Waals surface area contributed by atoms with Gasteiger partial charge < -0.3 is 0 Å². The molecule has 21 heavy (non-hydrogen) atoms. The molecule has 5 heteroatoms. The van der Waals surface area contributed by atoms with Crippen molar-refractivity contribution >= 4 is 11.6 Å². The summed E-state index contributed by atoms with van der Waals surface area (Å²) in [6.07, 6.45) is -4.74. The summed E-state index contributed by atoms with van der Waals surface area (Å²) >= 11 is 6.21. The third kappa shape index (κ3) is 3.21. The first-order valence-corrected chi connectivity index (χ1v) is 6.72. The lowest BCUT2D eigenvalue weighted by Gasteiger charge is -2.17. The van der Waals surface area contributed by atoms with Crippen molar-refractivity contribution in [2.75, 3.05) is 0 Å². The van der Waals surface area contributed by atoms with Crippen LogP contribution in [0.25, 0.3) is 0 Å². The molecule has 0 fully saturated rings. The van der Waals surface area contributed by atoms with Gasteiger partial charge in [0.15, 0.2) is 0 Å². The second-order valence-electron chi connectivity index (χ2n) is 4.93. The van der Waals surface area contributed by atoms with E-state index in [4.69, 9.17) is 11.6 Å². The van der Waals surface area contributed by atoms with Crippen LogP contribution < -0.4 is 0 Å². The summed E-state index contributed by atoms with van der Waals surface area (Å²) in [7, 11) is 0. The molecule has 0 bridgehead atoms. The Morgan fingerprint density at radius 2 is 1.67 bits per heavy atom. The number of rotatable bonds is 2. The normalized spacial score (nSPS) is 13.3. The maximum atomic E-state index is 14.1. The highest BCUT2D eigenvalue weighted by atomic mass is 35.5. The zero-order valence-electron chi connectivity index (χ0n) is 11.4. The minimum Gasteiger partial charge on any atom is -0.206 e. The van der Waals surface area contributed by atoms with Crippen molar-refractivity contribution in [1.29, 1.82) is 0 Å². The van der Waals surface area contributed by atoms with Gasteiger partial charge in [0, 0.05) is 5.56 Å². The van der Waals surface area contributed by atoms with Gasteiger partial charge in [-0.15, -0.1) is 11.6 Å². The molecule has 0 aliphatic rings. The fourth-order valence-electron chi connectivity index (χ4n) is 2.24. The number of aryl methyl sites for hydroxylation is 2. The molecule has 112 valence electrons. The zero-order chi connectivity index (χ0) is 15.8. The Morgan fingerprint density at radius 1 is 1.00 bits per heavy atom. The largest absolute Gasteiger partial charge is 0.419 e. The van der Waals surface area contributed by atoms with Gasteiger partial charge in [0.1, 0.15) is 5.82 Å². The molecule has 1 atom stereocenters. The molecule has 0 nitrogen and oxygen atoms in total. The van der Waals surface area contributed by atoms with Crippen molar-refractivity contribution in [3.05, 3.63) is 70.0 Å².